The highest BCUT2D eigenvalue weighted by Gasteiger charge is 2.43. The summed E-state index contributed by atoms with van der Waals surface area (Å²) in [5.41, 5.74) is 5.50. The van der Waals surface area contributed by atoms with E-state index in [9.17, 15) is 9.59 Å². The van der Waals surface area contributed by atoms with Gasteiger partial charge >= 0.3 is 0 Å². The van der Waals surface area contributed by atoms with Crippen LogP contribution >= 0.6 is 0 Å². The molecule has 1 heterocycles. The normalized spacial score (nSPS) is 27.0. The van der Waals surface area contributed by atoms with Gasteiger partial charge in [-0.1, -0.05) is 12.8 Å². The molecule has 0 aromatic carbocycles. The second kappa shape index (κ2) is 5.26. The summed E-state index contributed by atoms with van der Waals surface area (Å²) in [7, 11) is 1.62. The van der Waals surface area contributed by atoms with Crippen LogP contribution in [0.15, 0.2) is 0 Å². The van der Waals surface area contributed by atoms with Crippen molar-refractivity contribution in [1.29, 1.82) is 0 Å². The first-order valence-electron chi connectivity index (χ1n) is 6.90. The van der Waals surface area contributed by atoms with Gasteiger partial charge in [-0.15, -0.1) is 0 Å². The smallest absolute Gasteiger partial charge is 0.243 e. The first-order valence-corrected chi connectivity index (χ1v) is 6.90. The van der Waals surface area contributed by atoms with Crippen molar-refractivity contribution >= 4 is 11.8 Å². The summed E-state index contributed by atoms with van der Waals surface area (Å²) >= 11 is 0. The van der Waals surface area contributed by atoms with Crippen LogP contribution in [0.5, 0.6) is 0 Å². The SMILES string of the molecule is CNC(=O)C1CCCCN1C(=O)C1(N)CCCC1. The van der Waals surface area contributed by atoms with Crippen LogP contribution in [0.4, 0.5) is 0 Å². The van der Waals surface area contributed by atoms with E-state index in [1.165, 1.54) is 0 Å². The van der Waals surface area contributed by atoms with Crippen molar-refractivity contribution < 1.29 is 9.59 Å². The van der Waals surface area contributed by atoms with Gasteiger partial charge < -0.3 is 16.0 Å². The highest BCUT2D eigenvalue weighted by molar-refractivity contribution is 5.92. The molecular weight excluding hydrogens is 230 g/mol. The quantitative estimate of drug-likeness (QED) is 0.747. The van der Waals surface area contributed by atoms with Gasteiger partial charge in [0.2, 0.25) is 11.8 Å². The summed E-state index contributed by atoms with van der Waals surface area (Å²) in [5, 5.41) is 2.65. The van der Waals surface area contributed by atoms with Crippen LogP contribution in [-0.4, -0.2) is 41.9 Å². The molecule has 5 nitrogen and oxygen atoms in total. The Balaban J connectivity index is 2.13. The van der Waals surface area contributed by atoms with Gasteiger partial charge in [0.05, 0.1) is 5.54 Å². The molecule has 2 amide bonds. The molecule has 0 aromatic heterocycles. The van der Waals surface area contributed by atoms with Crippen molar-refractivity contribution in [3.63, 3.8) is 0 Å². The molecule has 5 heteroatoms. The molecule has 2 aliphatic rings. The minimum absolute atomic E-state index is 0.0201. The third kappa shape index (κ3) is 2.36. The predicted octanol–water partition coefficient (Wildman–Crippen LogP) is 0.385. The number of nitrogens with two attached hydrogens (primary N) is 1. The van der Waals surface area contributed by atoms with Crippen LogP contribution in [0.1, 0.15) is 44.9 Å². The predicted molar refractivity (Wildman–Crippen MR) is 68.8 cm³/mol. The maximum atomic E-state index is 12.6. The van der Waals surface area contributed by atoms with Crippen LogP contribution < -0.4 is 11.1 Å². The van der Waals surface area contributed by atoms with Gasteiger partial charge in [0.1, 0.15) is 6.04 Å². The Morgan fingerprint density at radius 3 is 2.50 bits per heavy atom. The van der Waals surface area contributed by atoms with E-state index >= 15 is 0 Å². The van der Waals surface area contributed by atoms with Crippen LogP contribution in [0.2, 0.25) is 0 Å². The second-order valence-corrected chi connectivity index (χ2v) is 5.49. The first kappa shape index (κ1) is 13.3. The number of carbonyl (C=O) groups is 2. The summed E-state index contributed by atoms with van der Waals surface area (Å²) in [4.78, 5) is 26.1. The molecule has 1 aliphatic heterocycles. The molecule has 0 bridgehead atoms. The summed E-state index contributed by atoms with van der Waals surface area (Å²) in [6.07, 6.45) is 6.25. The highest BCUT2D eigenvalue weighted by Crippen LogP contribution is 2.31. The van der Waals surface area contributed by atoms with E-state index in [4.69, 9.17) is 5.73 Å². The number of amides is 2. The fraction of sp³-hybridized carbons (Fsp3) is 0.846. The third-order valence-corrected chi connectivity index (χ3v) is 4.23. The fourth-order valence-electron chi connectivity index (χ4n) is 3.12. The number of carbonyl (C=O) groups excluding carboxylic acids is 2. The van der Waals surface area contributed by atoms with Crippen LogP contribution in [0.3, 0.4) is 0 Å². The molecule has 18 heavy (non-hydrogen) atoms. The summed E-state index contributed by atoms with van der Waals surface area (Å²) in [6.45, 7) is 0.663. The molecule has 2 rings (SSSR count). The minimum Gasteiger partial charge on any atom is -0.357 e. The monoisotopic (exact) mass is 253 g/mol. The van der Waals surface area contributed by atoms with E-state index in [1.54, 1.807) is 11.9 Å². The zero-order valence-corrected chi connectivity index (χ0v) is 11.1. The summed E-state index contributed by atoms with van der Waals surface area (Å²) in [5.74, 6) is -0.0852. The lowest BCUT2D eigenvalue weighted by atomic mass is 9.93. The lowest BCUT2D eigenvalue weighted by molar-refractivity contribution is -0.146. The van der Waals surface area contributed by atoms with Crippen LogP contribution in [0, 0.1) is 0 Å². The van der Waals surface area contributed by atoms with Crippen molar-refractivity contribution in [2.45, 2.75) is 56.5 Å². The topological polar surface area (TPSA) is 75.4 Å². The molecule has 0 aromatic rings. The van der Waals surface area contributed by atoms with E-state index in [-0.39, 0.29) is 17.9 Å². The van der Waals surface area contributed by atoms with E-state index in [1.807, 2.05) is 0 Å². The Hall–Kier alpha value is -1.10. The molecular formula is C13H23N3O2. The van der Waals surface area contributed by atoms with Gasteiger partial charge in [0.25, 0.3) is 0 Å². The molecule has 1 saturated carbocycles. The first-order chi connectivity index (χ1) is 8.58. The Kier molecular flexibility index (Phi) is 3.90. The molecule has 102 valence electrons. The Morgan fingerprint density at radius 2 is 1.89 bits per heavy atom. The lowest BCUT2D eigenvalue weighted by Crippen LogP contribution is -2.60. The summed E-state index contributed by atoms with van der Waals surface area (Å²) < 4.78 is 0. The second-order valence-electron chi connectivity index (χ2n) is 5.49. The molecule has 0 radical (unpaired) electrons. The molecule has 3 N–H and O–H groups in total. The zero-order chi connectivity index (χ0) is 13.2. The Labute approximate surface area is 108 Å². The van der Waals surface area contributed by atoms with Crippen LogP contribution in [-0.2, 0) is 9.59 Å². The van der Waals surface area contributed by atoms with Crippen molar-refractivity contribution in [2.75, 3.05) is 13.6 Å². The maximum Gasteiger partial charge on any atom is 0.243 e. The molecule has 1 saturated heterocycles. The van der Waals surface area contributed by atoms with Gasteiger partial charge in [0, 0.05) is 13.6 Å². The van der Waals surface area contributed by atoms with Gasteiger partial charge in [0.15, 0.2) is 0 Å². The van der Waals surface area contributed by atoms with Gasteiger partial charge in [-0.3, -0.25) is 9.59 Å². The zero-order valence-electron chi connectivity index (χ0n) is 11.1. The van der Waals surface area contributed by atoms with Gasteiger partial charge in [-0.2, -0.15) is 0 Å². The average Bonchev–Trinajstić information content (AvgIpc) is 2.85. The average molecular weight is 253 g/mol. The van der Waals surface area contributed by atoms with Crippen molar-refractivity contribution in [3.05, 3.63) is 0 Å². The van der Waals surface area contributed by atoms with E-state index in [2.05, 4.69) is 5.32 Å². The largest absolute Gasteiger partial charge is 0.357 e. The number of nitrogens with one attached hydrogen (secondary N) is 1. The summed E-state index contributed by atoms with van der Waals surface area (Å²) in [6, 6.07) is -0.322. The number of likely N-dealkylation sites (N-methyl/N-ethyl adjacent to an activating group) is 1. The third-order valence-electron chi connectivity index (χ3n) is 4.23. The van der Waals surface area contributed by atoms with Gasteiger partial charge in [-0.25, -0.2) is 0 Å². The molecule has 1 unspecified atom stereocenters. The minimum atomic E-state index is -0.719. The van der Waals surface area contributed by atoms with Crippen LogP contribution in [0.25, 0.3) is 0 Å². The standard InChI is InChI=1S/C13H23N3O2/c1-15-11(17)10-6-2-5-9-16(10)12(18)13(14)7-3-4-8-13/h10H,2-9,14H2,1H3,(H,15,17). The number of nitrogens with zero attached hydrogens (tertiary/aromatic N) is 1. The van der Waals surface area contributed by atoms with Crippen molar-refractivity contribution in [3.8, 4) is 0 Å². The number of piperidine rings is 1. The van der Waals surface area contributed by atoms with Gasteiger partial charge in [-0.05, 0) is 32.1 Å². The van der Waals surface area contributed by atoms with Crippen molar-refractivity contribution in [1.82, 2.24) is 10.2 Å². The molecule has 1 atom stereocenters. The number of hydrogen-bond donors (Lipinski definition) is 2. The maximum absolute atomic E-state index is 12.6. The lowest BCUT2D eigenvalue weighted by Gasteiger charge is -2.39. The van der Waals surface area contributed by atoms with E-state index in [0.29, 0.717) is 6.54 Å². The Bertz CT molecular complexity index is 337. The molecule has 0 spiro atoms. The molecule has 1 aliphatic carbocycles. The van der Waals surface area contributed by atoms with E-state index < -0.39 is 5.54 Å². The van der Waals surface area contributed by atoms with Crippen molar-refractivity contribution in [2.24, 2.45) is 5.73 Å². The Morgan fingerprint density at radius 1 is 1.22 bits per heavy atom. The highest BCUT2D eigenvalue weighted by atomic mass is 16.2. The number of likely N-dealkylation sites (tertiary alicyclic amines) is 1. The van der Waals surface area contributed by atoms with E-state index in [0.717, 1.165) is 44.9 Å². The fourth-order valence-corrected chi connectivity index (χ4v) is 3.12. The number of rotatable bonds is 2. The molecule has 2 fully saturated rings. The number of hydrogen-bond acceptors (Lipinski definition) is 3.